The van der Waals surface area contributed by atoms with Crippen molar-refractivity contribution < 1.29 is 9.18 Å². The zero-order valence-electron chi connectivity index (χ0n) is 15.5. The molecule has 2 aromatic rings. The minimum Gasteiger partial charge on any atom is -0.336 e. The van der Waals surface area contributed by atoms with Gasteiger partial charge in [0.05, 0.1) is 5.92 Å². The Morgan fingerprint density at radius 1 is 1.14 bits per heavy atom. The number of aromatic amines is 1. The van der Waals surface area contributed by atoms with Crippen LogP contribution in [-0.2, 0) is 4.79 Å². The van der Waals surface area contributed by atoms with Crippen molar-refractivity contribution in [3.8, 4) is 0 Å². The minimum atomic E-state index is -0.200. The Morgan fingerprint density at radius 2 is 1.89 bits per heavy atom. The first-order valence-electron chi connectivity index (χ1n) is 9.88. The molecule has 1 aromatic heterocycles. The van der Waals surface area contributed by atoms with E-state index in [9.17, 15) is 9.18 Å². The van der Waals surface area contributed by atoms with E-state index in [4.69, 9.17) is 0 Å². The van der Waals surface area contributed by atoms with Crippen molar-refractivity contribution in [2.24, 2.45) is 5.92 Å². The number of benzene rings is 1. The first-order chi connectivity index (χ1) is 13.7. The van der Waals surface area contributed by atoms with E-state index in [2.05, 4.69) is 25.5 Å². The number of rotatable bonds is 3. The number of nitrogens with zero attached hydrogens (tertiary/aromatic N) is 4. The molecule has 1 aliphatic carbocycles. The van der Waals surface area contributed by atoms with Crippen molar-refractivity contribution in [2.75, 3.05) is 0 Å². The van der Waals surface area contributed by atoms with Crippen molar-refractivity contribution >= 4 is 11.5 Å². The highest BCUT2D eigenvalue weighted by atomic mass is 19.1. The molecular weight excluding hydrogens is 357 g/mol. The fourth-order valence-electron chi connectivity index (χ4n) is 5.05. The topological polar surface area (TPSA) is 74.8 Å². The van der Waals surface area contributed by atoms with Crippen LogP contribution in [0, 0.1) is 11.7 Å². The van der Waals surface area contributed by atoms with Crippen LogP contribution in [0.4, 0.5) is 4.39 Å². The zero-order chi connectivity index (χ0) is 19.1. The Kier molecular flexibility index (Phi) is 4.30. The third-order valence-electron chi connectivity index (χ3n) is 6.36. The van der Waals surface area contributed by atoms with Gasteiger partial charge in [0, 0.05) is 17.7 Å². The van der Waals surface area contributed by atoms with Crippen LogP contribution in [0.2, 0.25) is 0 Å². The second kappa shape index (κ2) is 6.96. The van der Waals surface area contributed by atoms with Gasteiger partial charge >= 0.3 is 0 Å². The normalized spacial score (nSPS) is 29.0. The van der Waals surface area contributed by atoms with E-state index in [0.717, 1.165) is 31.3 Å². The molecule has 4 atom stereocenters. The summed E-state index contributed by atoms with van der Waals surface area (Å²) in [6.07, 6.45) is 10.5. The number of carbonyl (C=O) groups excluding carboxylic acids is 1. The van der Waals surface area contributed by atoms with Crippen LogP contribution in [-0.4, -0.2) is 43.5 Å². The Balaban J connectivity index is 1.30. The predicted octanol–water partition coefficient (Wildman–Crippen LogP) is 3.24. The second-order valence-corrected chi connectivity index (χ2v) is 7.97. The zero-order valence-corrected chi connectivity index (χ0v) is 15.5. The van der Waals surface area contributed by atoms with Gasteiger partial charge in [0.15, 0.2) is 0 Å². The fraction of sp³-hybridized carbons (Fsp3) is 0.429. The Labute approximate surface area is 162 Å². The molecule has 0 radical (unpaired) electrons. The Hall–Kier alpha value is -2.83. The highest BCUT2D eigenvalue weighted by Crippen LogP contribution is 2.44. The quantitative estimate of drug-likeness (QED) is 0.888. The van der Waals surface area contributed by atoms with Crippen LogP contribution in [0.1, 0.15) is 49.4 Å². The third kappa shape index (κ3) is 3.04. The minimum absolute atomic E-state index is 0.177. The number of fused-ring (bicyclic) bond motifs is 2. The summed E-state index contributed by atoms with van der Waals surface area (Å²) in [5.74, 6) is 0.784. The summed E-state index contributed by atoms with van der Waals surface area (Å²) in [5.41, 5.74) is 2.12. The van der Waals surface area contributed by atoms with Gasteiger partial charge in [0.2, 0.25) is 11.7 Å². The molecule has 0 spiro atoms. The number of carbonyl (C=O) groups is 1. The maximum atomic E-state index is 13.4. The first kappa shape index (κ1) is 17.3. The summed E-state index contributed by atoms with van der Waals surface area (Å²) in [7, 11) is 0. The number of hydrogen-bond acceptors (Lipinski definition) is 4. The molecule has 2 saturated heterocycles. The average molecular weight is 379 g/mol. The highest BCUT2D eigenvalue weighted by Gasteiger charge is 2.45. The van der Waals surface area contributed by atoms with Crippen molar-refractivity contribution in [3.05, 3.63) is 59.7 Å². The first-order valence-corrected chi connectivity index (χ1v) is 9.88. The standard InChI is InChI=1S/C21H22FN5O/c22-17-6-4-13(5-7-17)16-11-18-8-9-19(12-16)27(18)21(28)15-3-1-2-14(10-15)20-23-25-26-24-20/h1-7,15-16,18-19H,8-12H2,(H,23,24,25,26)/t15?,16?,18-,19+. The molecule has 2 aliphatic heterocycles. The maximum Gasteiger partial charge on any atom is 0.230 e. The molecule has 1 amide bonds. The van der Waals surface area contributed by atoms with E-state index in [1.54, 1.807) is 0 Å². The molecule has 2 fully saturated rings. The molecule has 0 saturated carbocycles. The maximum absolute atomic E-state index is 13.4. The molecule has 7 heteroatoms. The lowest BCUT2D eigenvalue weighted by molar-refractivity contribution is -0.138. The molecule has 144 valence electrons. The van der Waals surface area contributed by atoms with Gasteiger partial charge in [-0.1, -0.05) is 30.4 Å². The fourth-order valence-corrected chi connectivity index (χ4v) is 5.05. The van der Waals surface area contributed by atoms with E-state index in [-0.39, 0.29) is 29.7 Å². The highest BCUT2D eigenvalue weighted by molar-refractivity contribution is 5.85. The van der Waals surface area contributed by atoms with Gasteiger partial charge in [0.1, 0.15) is 5.82 Å². The number of hydrogen-bond donors (Lipinski definition) is 1. The van der Waals surface area contributed by atoms with E-state index >= 15 is 0 Å². The molecule has 3 heterocycles. The number of allylic oxidation sites excluding steroid dienone is 3. The van der Waals surface area contributed by atoms with Gasteiger partial charge < -0.3 is 4.90 Å². The SMILES string of the molecule is O=C(C1C=CC=C(c2nn[nH]n2)C1)N1[C@@H]2CC[C@H]1CC(c1ccc(F)cc1)C2. The molecule has 28 heavy (non-hydrogen) atoms. The summed E-state index contributed by atoms with van der Waals surface area (Å²) in [4.78, 5) is 15.5. The van der Waals surface area contributed by atoms with Gasteiger partial charge in [-0.3, -0.25) is 4.79 Å². The van der Waals surface area contributed by atoms with E-state index in [1.165, 1.54) is 17.7 Å². The van der Waals surface area contributed by atoms with Crippen LogP contribution < -0.4 is 0 Å². The molecular formula is C21H22FN5O. The van der Waals surface area contributed by atoms with Crippen LogP contribution in [0.3, 0.4) is 0 Å². The second-order valence-electron chi connectivity index (χ2n) is 7.97. The number of halogens is 1. The summed E-state index contributed by atoms with van der Waals surface area (Å²) < 4.78 is 13.2. The molecule has 1 aromatic carbocycles. The van der Waals surface area contributed by atoms with E-state index in [1.807, 2.05) is 30.4 Å². The molecule has 2 unspecified atom stereocenters. The molecule has 6 nitrogen and oxygen atoms in total. The van der Waals surface area contributed by atoms with Gasteiger partial charge in [-0.05, 0) is 60.9 Å². The van der Waals surface area contributed by atoms with Gasteiger partial charge in [-0.2, -0.15) is 5.21 Å². The van der Waals surface area contributed by atoms with E-state index < -0.39 is 0 Å². The van der Waals surface area contributed by atoms with Gasteiger partial charge in [0.25, 0.3) is 0 Å². The van der Waals surface area contributed by atoms with Crippen LogP contribution >= 0.6 is 0 Å². The lowest BCUT2D eigenvalue weighted by atomic mass is 9.83. The third-order valence-corrected chi connectivity index (χ3v) is 6.36. The smallest absolute Gasteiger partial charge is 0.230 e. The Morgan fingerprint density at radius 3 is 2.57 bits per heavy atom. The van der Waals surface area contributed by atoms with E-state index in [0.29, 0.717) is 18.2 Å². The monoisotopic (exact) mass is 379 g/mol. The number of H-pyrrole nitrogens is 1. The molecule has 3 aliphatic rings. The lowest BCUT2D eigenvalue weighted by Crippen LogP contribution is -2.48. The van der Waals surface area contributed by atoms with Crippen LogP contribution in [0.15, 0.2) is 42.5 Å². The summed E-state index contributed by atoms with van der Waals surface area (Å²) >= 11 is 0. The molecule has 2 bridgehead atoms. The lowest BCUT2D eigenvalue weighted by Gasteiger charge is -2.41. The van der Waals surface area contributed by atoms with Crippen molar-refractivity contribution in [1.29, 1.82) is 0 Å². The van der Waals surface area contributed by atoms with Crippen LogP contribution in [0.25, 0.3) is 5.57 Å². The summed E-state index contributed by atoms with van der Waals surface area (Å²) in [6.45, 7) is 0. The Bertz CT molecular complexity index is 907. The van der Waals surface area contributed by atoms with Crippen molar-refractivity contribution in [1.82, 2.24) is 25.5 Å². The summed E-state index contributed by atoms with van der Waals surface area (Å²) in [5, 5.41) is 14.2. The largest absolute Gasteiger partial charge is 0.336 e. The average Bonchev–Trinajstić information content (AvgIpc) is 3.35. The van der Waals surface area contributed by atoms with Gasteiger partial charge in [-0.15, -0.1) is 10.2 Å². The number of amides is 1. The number of tetrazole rings is 1. The summed E-state index contributed by atoms with van der Waals surface area (Å²) in [6, 6.07) is 7.40. The molecule has 5 rings (SSSR count). The predicted molar refractivity (Wildman–Crippen MR) is 101 cm³/mol. The van der Waals surface area contributed by atoms with Crippen LogP contribution in [0.5, 0.6) is 0 Å². The number of piperidine rings is 1. The van der Waals surface area contributed by atoms with Crippen molar-refractivity contribution in [3.63, 3.8) is 0 Å². The number of nitrogens with one attached hydrogen (secondary N) is 1. The number of aromatic nitrogens is 4. The van der Waals surface area contributed by atoms with Crippen molar-refractivity contribution in [2.45, 2.75) is 50.1 Å². The molecule has 1 N–H and O–H groups in total. The van der Waals surface area contributed by atoms with Gasteiger partial charge in [-0.25, -0.2) is 4.39 Å².